The van der Waals surface area contributed by atoms with Crippen molar-refractivity contribution >= 4 is 22.5 Å². The van der Waals surface area contributed by atoms with E-state index in [-0.39, 0.29) is 36.3 Å². The minimum absolute atomic E-state index is 0.00633. The number of aliphatic hydroxyl groups excluding tert-OH is 1. The lowest BCUT2D eigenvalue weighted by molar-refractivity contribution is -0.161. The van der Waals surface area contributed by atoms with Crippen LogP contribution in [0.2, 0.25) is 5.02 Å². The summed E-state index contributed by atoms with van der Waals surface area (Å²) in [5.74, 6) is -0.803. The lowest BCUT2D eigenvalue weighted by Gasteiger charge is -2.24. The van der Waals surface area contributed by atoms with Crippen LogP contribution in [0.3, 0.4) is 0 Å². The average molecular weight is 351 g/mol. The van der Waals surface area contributed by atoms with Gasteiger partial charge in [-0.1, -0.05) is 17.7 Å². The second-order valence-corrected chi connectivity index (χ2v) is 7.31. The molecule has 1 saturated carbocycles. The van der Waals surface area contributed by atoms with Crippen LogP contribution < -0.4 is 5.56 Å². The van der Waals surface area contributed by atoms with Crippen molar-refractivity contribution in [2.75, 3.05) is 6.61 Å². The maximum Gasteiger partial charge on any atom is 0.263 e. The summed E-state index contributed by atoms with van der Waals surface area (Å²) >= 11 is 6.20. The lowest BCUT2D eigenvalue weighted by atomic mass is 10.1. The standard InChI is InChI=1S/C17H19ClN2O4/c1-17(2)23-14-9(7-21)6-12(15(14)24-17)20-8-19-11-5-3-4-10(18)13(11)16(20)22/h3-5,8-9,12,14-15,21H,6-7H2,1-2H3/t9-,12-,14-,15+/m1/s1. The number of aromatic nitrogens is 2. The first kappa shape index (κ1) is 16.0. The van der Waals surface area contributed by atoms with Gasteiger partial charge in [0.15, 0.2) is 5.79 Å². The third kappa shape index (κ3) is 2.37. The van der Waals surface area contributed by atoms with Gasteiger partial charge in [-0.05, 0) is 32.4 Å². The Morgan fingerprint density at radius 3 is 2.88 bits per heavy atom. The van der Waals surface area contributed by atoms with Crippen LogP contribution in [0.1, 0.15) is 26.3 Å². The molecule has 24 heavy (non-hydrogen) atoms. The molecule has 0 spiro atoms. The Morgan fingerprint density at radius 1 is 1.38 bits per heavy atom. The second kappa shape index (κ2) is 5.52. The molecule has 2 fully saturated rings. The molecule has 1 N–H and O–H groups in total. The number of fused-ring (bicyclic) bond motifs is 2. The lowest BCUT2D eigenvalue weighted by Crippen LogP contribution is -2.33. The van der Waals surface area contributed by atoms with E-state index in [1.54, 1.807) is 22.8 Å². The zero-order valence-electron chi connectivity index (χ0n) is 13.5. The van der Waals surface area contributed by atoms with E-state index >= 15 is 0 Å². The minimum Gasteiger partial charge on any atom is -0.396 e. The molecule has 1 aliphatic carbocycles. The highest BCUT2D eigenvalue weighted by Crippen LogP contribution is 2.46. The van der Waals surface area contributed by atoms with Crippen LogP contribution in [-0.2, 0) is 9.47 Å². The molecule has 1 saturated heterocycles. The normalized spacial score (nSPS) is 31.5. The SMILES string of the molecule is CC1(C)O[C@@H]2[C@@H](CO)C[C@@H](n3cnc4cccc(Cl)c4c3=O)[C@@H]2O1. The van der Waals surface area contributed by atoms with Crippen LogP contribution in [0, 0.1) is 5.92 Å². The summed E-state index contributed by atoms with van der Waals surface area (Å²) in [4.78, 5) is 17.3. The van der Waals surface area contributed by atoms with E-state index in [1.165, 1.54) is 6.33 Å². The maximum atomic E-state index is 13.0. The number of hydrogen-bond acceptors (Lipinski definition) is 5. The minimum atomic E-state index is -0.729. The summed E-state index contributed by atoms with van der Waals surface area (Å²) in [7, 11) is 0. The van der Waals surface area contributed by atoms with Gasteiger partial charge in [-0.2, -0.15) is 0 Å². The molecule has 4 atom stereocenters. The Bertz CT molecular complexity index is 850. The van der Waals surface area contributed by atoms with Crippen molar-refractivity contribution in [1.29, 1.82) is 0 Å². The van der Waals surface area contributed by atoms with Gasteiger partial charge in [0, 0.05) is 12.5 Å². The van der Waals surface area contributed by atoms with E-state index in [4.69, 9.17) is 21.1 Å². The van der Waals surface area contributed by atoms with E-state index in [9.17, 15) is 9.90 Å². The molecule has 0 bridgehead atoms. The van der Waals surface area contributed by atoms with Crippen LogP contribution in [0.4, 0.5) is 0 Å². The fourth-order valence-corrected chi connectivity index (χ4v) is 4.13. The van der Waals surface area contributed by atoms with E-state index in [2.05, 4.69) is 4.98 Å². The fraction of sp³-hybridized carbons (Fsp3) is 0.529. The van der Waals surface area contributed by atoms with Gasteiger partial charge in [-0.15, -0.1) is 0 Å². The van der Waals surface area contributed by atoms with Gasteiger partial charge >= 0.3 is 0 Å². The second-order valence-electron chi connectivity index (χ2n) is 6.90. The van der Waals surface area contributed by atoms with Crippen molar-refractivity contribution in [1.82, 2.24) is 9.55 Å². The molecule has 6 nitrogen and oxygen atoms in total. The van der Waals surface area contributed by atoms with Gasteiger partial charge in [0.05, 0.1) is 34.4 Å². The monoisotopic (exact) mass is 350 g/mol. The van der Waals surface area contributed by atoms with Crippen LogP contribution in [-0.4, -0.2) is 39.3 Å². The van der Waals surface area contributed by atoms with Crippen molar-refractivity contribution in [2.24, 2.45) is 5.92 Å². The van der Waals surface area contributed by atoms with Crippen molar-refractivity contribution in [2.45, 2.75) is 44.3 Å². The third-order valence-electron chi connectivity index (χ3n) is 4.90. The van der Waals surface area contributed by atoms with Crippen LogP contribution >= 0.6 is 11.6 Å². The number of benzene rings is 1. The molecule has 0 unspecified atom stereocenters. The first-order chi connectivity index (χ1) is 11.4. The number of aliphatic hydroxyl groups is 1. The van der Waals surface area contributed by atoms with E-state index in [0.717, 1.165) is 0 Å². The molecular formula is C17H19ClN2O4. The first-order valence-corrected chi connectivity index (χ1v) is 8.41. The van der Waals surface area contributed by atoms with E-state index in [1.807, 2.05) is 13.8 Å². The molecular weight excluding hydrogens is 332 g/mol. The van der Waals surface area contributed by atoms with Crippen molar-refractivity contribution in [3.05, 3.63) is 39.9 Å². The highest BCUT2D eigenvalue weighted by atomic mass is 35.5. The zero-order valence-corrected chi connectivity index (χ0v) is 14.2. The largest absolute Gasteiger partial charge is 0.396 e. The van der Waals surface area contributed by atoms with E-state index < -0.39 is 5.79 Å². The molecule has 2 heterocycles. The number of rotatable bonds is 2. The van der Waals surface area contributed by atoms with Gasteiger partial charge in [0.25, 0.3) is 5.56 Å². The Hall–Kier alpha value is -1.47. The Kier molecular flexibility index (Phi) is 3.69. The molecule has 128 valence electrons. The van der Waals surface area contributed by atoms with Gasteiger partial charge in [0.1, 0.15) is 6.10 Å². The number of ether oxygens (including phenoxy) is 2. The number of nitrogens with zero attached hydrogens (tertiary/aromatic N) is 2. The third-order valence-corrected chi connectivity index (χ3v) is 5.22. The molecule has 2 aromatic rings. The predicted octanol–water partition coefficient (Wildman–Crippen LogP) is 2.12. The summed E-state index contributed by atoms with van der Waals surface area (Å²) < 4.78 is 13.5. The molecule has 1 aromatic heterocycles. The Labute approximate surface area is 144 Å². The summed E-state index contributed by atoms with van der Waals surface area (Å²) in [6.45, 7) is 3.68. The highest BCUT2D eigenvalue weighted by Gasteiger charge is 2.54. The smallest absolute Gasteiger partial charge is 0.263 e. The summed E-state index contributed by atoms with van der Waals surface area (Å²) in [5, 5.41) is 10.5. The van der Waals surface area contributed by atoms with E-state index in [0.29, 0.717) is 22.3 Å². The molecule has 1 aliphatic heterocycles. The van der Waals surface area contributed by atoms with Crippen molar-refractivity contribution < 1.29 is 14.6 Å². The van der Waals surface area contributed by atoms with Crippen LogP contribution in [0.15, 0.2) is 29.3 Å². The van der Waals surface area contributed by atoms with Gasteiger partial charge in [-0.25, -0.2) is 4.98 Å². The highest BCUT2D eigenvalue weighted by molar-refractivity contribution is 6.35. The molecule has 1 aromatic carbocycles. The molecule has 2 aliphatic rings. The number of halogens is 1. The Balaban J connectivity index is 1.82. The maximum absolute atomic E-state index is 13.0. The topological polar surface area (TPSA) is 73.6 Å². The zero-order chi connectivity index (χ0) is 17.1. The predicted molar refractivity (Wildman–Crippen MR) is 89.1 cm³/mol. The van der Waals surface area contributed by atoms with Gasteiger partial charge in [-0.3, -0.25) is 9.36 Å². The van der Waals surface area contributed by atoms with Crippen LogP contribution in [0.25, 0.3) is 10.9 Å². The van der Waals surface area contributed by atoms with Crippen molar-refractivity contribution in [3.63, 3.8) is 0 Å². The molecule has 4 rings (SSSR count). The van der Waals surface area contributed by atoms with Crippen LogP contribution in [0.5, 0.6) is 0 Å². The fourth-order valence-electron chi connectivity index (χ4n) is 3.88. The quantitative estimate of drug-likeness (QED) is 0.898. The average Bonchev–Trinajstić information content (AvgIpc) is 3.01. The number of hydrogen-bond donors (Lipinski definition) is 1. The van der Waals surface area contributed by atoms with Gasteiger partial charge in [0.2, 0.25) is 0 Å². The summed E-state index contributed by atoms with van der Waals surface area (Å²) in [5.41, 5.74) is 0.377. The molecule has 0 radical (unpaired) electrons. The first-order valence-electron chi connectivity index (χ1n) is 8.03. The van der Waals surface area contributed by atoms with Crippen molar-refractivity contribution in [3.8, 4) is 0 Å². The summed E-state index contributed by atoms with van der Waals surface area (Å²) in [6, 6.07) is 4.98. The molecule has 7 heteroatoms. The summed E-state index contributed by atoms with van der Waals surface area (Å²) in [6.07, 6.45) is 1.61. The van der Waals surface area contributed by atoms with Gasteiger partial charge < -0.3 is 14.6 Å². The molecule has 0 amide bonds. The Morgan fingerprint density at radius 2 is 2.12 bits per heavy atom.